The van der Waals surface area contributed by atoms with Crippen LogP contribution in [0.1, 0.15) is 27.0 Å². The molecule has 0 radical (unpaired) electrons. The third-order valence-electron chi connectivity index (χ3n) is 3.76. The molecule has 0 unspecified atom stereocenters. The maximum atomic E-state index is 12.4. The zero-order valence-corrected chi connectivity index (χ0v) is 13.5. The van der Waals surface area contributed by atoms with Crippen molar-refractivity contribution in [2.45, 2.75) is 0 Å². The van der Waals surface area contributed by atoms with Gasteiger partial charge in [-0.05, 0) is 42.5 Å². The standard InChI is InChI=1S/C19H14N4O3/c20-9-11-1-3-14(17(24)7-11)19(25)23-13-2-4-16(21)15(8-13)18(22)12-5-6-26-10-12/h1-8,10,22,24H,21H2,(H,23,25). The van der Waals surface area contributed by atoms with Gasteiger partial charge < -0.3 is 20.6 Å². The molecule has 2 aromatic carbocycles. The number of carbonyl (C=O) groups excluding carboxylic acids is 1. The van der Waals surface area contributed by atoms with E-state index in [0.717, 1.165) is 0 Å². The van der Waals surface area contributed by atoms with Crippen LogP contribution in [0.25, 0.3) is 0 Å². The van der Waals surface area contributed by atoms with Gasteiger partial charge in [0.15, 0.2) is 0 Å². The Morgan fingerprint density at radius 2 is 2.00 bits per heavy atom. The van der Waals surface area contributed by atoms with Crippen LogP contribution in [0.15, 0.2) is 59.4 Å². The number of rotatable bonds is 4. The highest BCUT2D eigenvalue weighted by atomic mass is 16.3. The van der Waals surface area contributed by atoms with Crippen molar-refractivity contribution in [3.63, 3.8) is 0 Å². The molecule has 7 heteroatoms. The Morgan fingerprint density at radius 3 is 2.65 bits per heavy atom. The number of furan rings is 1. The van der Waals surface area contributed by atoms with Crippen molar-refractivity contribution >= 4 is 23.0 Å². The Bertz CT molecular complexity index is 1030. The second-order valence-corrected chi connectivity index (χ2v) is 5.49. The number of phenolic OH excluding ortho intramolecular Hbond substituents is 1. The quantitative estimate of drug-likeness (QED) is 0.425. The van der Waals surface area contributed by atoms with Crippen LogP contribution in [0.4, 0.5) is 11.4 Å². The number of amides is 1. The lowest BCUT2D eigenvalue weighted by molar-refractivity contribution is 0.102. The average molecular weight is 346 g/mol. The molecule has 5 N–H and O–H groups in total. The van der Waals surface area contributed by atoms with Gasteiger partial charge in [0.05, 0.1) is 35.4 Å². The SMILES string of the molecule is N#Cc1ccc(C(=O)Nc2ccc(N)c(C(=N)c3ccoc3)c2)c(O)c1. The Hall–Kier alpha value is -4.05. The highest BCUT2D eigenvalue weighted by Crippen LogP contribution is 2.24. The summed E-state index contributed by atoms with van der Waals surface area (Å²) in [5, 5.41) is 29.6. The maximum absolute atomic E-state index is 12.4. The van der Waals surface area contributed by atoms with Crippen molar-refractivity contribution in [2.75, 3.05) is 11.1 Å². The summed E-state index contributed by atoms with van der Waals surface area (Å²) in [6.07, 6.45) is 2.89. The van der Waals surface area contributed by atoms with Gasteiger partial charge in [0, 0.05) is 22.5 Å². The van der Waals surface area contributed by atoms with Crippen molar-refractivity contribution in [3.05, 3.63) is 77.2 Å². The molecule has 128 valence electrons. The number of anilines is 2. The van der Waals surface area contributed by atoms with Gasteiger partial charge in [-0.2, -0.15) is 5.26 Å². The molecule has 0 saturated carbocycles. The molecular weight excluding hydrogens is 332 g/mol. The van der Waals surface area contributed by atoms with Crippen LogP contribution in [-0.4, -0.2) is 16.7 Å². The number of hydrogen-bond donors (Lipinski definition) is 4. The Morgan fingerprint density at radius 1 is 1.19 bits per heavy atom. The summed E-state index contributed by atoms with van der Waals surface area (Å²) < 4.78 is 4.98. The third kappa shape index (κ3) is 3.25. The van der Waals surface area contributed by atoms with Gasteiger partial charge in [0.2, 0.25) is 0 Å². The molecule has 7 nitrogen and oxygen atoms in total. The molecule has 0 spiro atoms. The summed E-state index contributed by atoms with van der Waals surface area (Å²) in [6, 6.07) is 12.3. The first-order valence-corrected chi connectivity index (χ1v) is 7.55. The van der Waals surface area contributed by atoms with Crippen molar-refractivity contribution < 1.29 is 14.3 Å². The number of aromatic hydroxyl groups is 1. The molecule has 26 heavy (non-hydrogen) atoms. The van der Waals surface area contributed by atoms with Crippen LogP contribution < -0.4 is 11.1 Å². The van der Waals surface area contributed by atoms with Crippen LogP contribution in [0.2, 0.25) is 0 Å². The molecule has 3 aromatic rings. The third-order valence-corrected chi connectivity index (χ3v) is 3.76. The van der Waals surface area contributed by atoms with Crippen LogP contribution in [0, 0.1) is 16.7 Å². The van der Waals surface area contributed by atoms with Gasteiger partial charge in [0.25, 0.3) is 5.91 Å². The van der Waals surface area contributed by atoms with Crippen LogP contribution in [-0.2, 0) is 0 Å². The van der Waals surface area contributed by atoms with Gasteiger partial charge in [-0.3, -0.25) is 10.2 Å². The average Bonchev–Trinajstić information content (AvgIpc) is 3.17. The first-order valence-electron chi connectivity index (χ1n) is 7.55. The lowest BCUT2D eigenvalue weighted by Gasteiger charge is -2.11. The predicted molar refractivity (Wildman–Crippen MR) is 96.3 cm³/mol. The van der Waals surface area contributed by atoms with Crippen molar-refractivity contribution in [2.24, 2.45) is 0 Å². The second kappa shape index (κ2) is 6.83. The monoisotopic (exact) mass is 346 g/mol. The van der Waals surface area contributed by atoms with Gasteiger partial charge >= 0.3 is 0 Å². The molecule has 0 atom stereocenters. The molecule has 1 aromatic heterocycles. The van der Waals surface area contributed by atoms with Crippen LogP contribution in [0.5, 0.6) is 5.75 Å². The summed E-state index contributed by atoms with van der Waals surface area (Å²) in [4.78, 5) is 12.4. The number of nitrogen functional groups attached to an aromatic ring is 1. The molecule has 0 aliphatic heterocycles. The number of hydrogen-bond acceptors (Lipinski definition) is 6. The fourth-order valence-electron chi connectivity index (χ4n) is 2.40. The van der Waals surface area contributed by atoms with Crippen LogP contribution >= 0.6 is 0 Å². The van der Waals surface area contributed by atoms with Gasteiger partial charge in [0.1, 0.15) is 5.75 Å². The van der Waals surface area contributed by atoms with E-state index in [2.05, 4.69) is 5.32 Å². The minimum atomic E-state index is -0.544. The number of benzene rings is 2. The topological polar surface area (TPSA) is 136 Å². The largest absolute Gasteiger partial charge is 0.507 e. The van der Waals surface area contributed by atoms with E-state index in [1.165, 1.54) is 30.7 Å². The van der Waals surface area contributed by atoms with E-state index in [9.17, 15) is 9.90 Å². The second-order valence-electron chi connectivity index (χ2n) is 5.49. The number of carbonyl (C=O) groups is 1. The minimum Gasteiger partial charge on any atom is -0.507 e. The fraction of sp³-hybridized carbons (Fsp3) is 0. The molecule has 1 heterocycles. The Labute approximate surface area is 148 Å². The molecule has 0 aliphatic rings. The van der Waals surface area contributed by atoms with E-state index < -0.39 is 5.91 Å². The Kier molecular flexibility index (Phi) is 4.41. The maximum Gasteiger partial charge on any atom is 0.259 e. The van der Waals surface area contributed by atoms with Crippen molar-refractivity contribution in [3.8, 4) is 11.8 Å². The van der Waals surface area contributed by atoms with E-state index in [1.54, 1.807) is 24.3 Å². The van der Waals surface area contributed by atoms with Gasteiger partial charge in [-0.15, -0.1) is 0 Å². The van der Waals surface area contributed by atoms with E-state index in [0.29, 0.717) is 22.5 Å². The van der Waals surface area contributed by atoms with E-state index in [4.69, 9.17) is 20.8 Å². The molecular formula is C19H14N4O3. The zero-order valence-electron chi connectivity index (χ0n) is 13.5. The number of nitrogens with one attached hydrogen (secondary N) is 2. The molecule has 0 fully saturated rings. The molecule has 1 amide bonds. The van der Waals surface area contributed by atoms with E-state index >= 15 is 0 Å². The predicted octanol–water partition coefficient (Wildman–Crippen LogP) is 3.11. The molecule has 0 bridgehead atoms. The normalized spacial score (nSPS) is 10.1. The lowest BCUT2D eigenvalue weighted by Crippen LogP contribution is -2.13. The smallest absolute Gasteiger partial charge is 0.259 e. The first-order chi connectivity index (χ1) is 12.5. The summed E-state index contributed by atoms with van der Waals surface area (Å²) >= 11 is 0. The molecule has 0 saturated heterocycles. The van der Waals surface area contributed by atoms with E-state index in [1.807, 2.05) is 6.07 Å². The first kappa shape index (κ1) is 16.8. The highest BCUT2D eigenvalue weighted by Gasteiger charge is 2.15. The molecule has 0 aliphatic carbocycles. The number of nitrogens with zero attached hydrogens (tertiary/aromatic N) is 1. The van der Waals surface area contributed by atoms with E-state index in [-0.39, 0.29) is 22.6 Å². The summed E-state index contributed by atoms with van der Waals surface area (Å²) in [7, 11) is 0. The fourth-order valence-corrected chi connectivity index (χ4v) is 2.40. The van der Waals surface area contributed by atoms with Crippen LogP contribution in [0.3, 0.4) is 0 Å². The minimum absolute atomic E-state index is 0.0345. The summed E-state index contributed by atoms with van der Waals surface area (Å²) in [5.74, 6) is -0.832. The number of phenols is 1. The van der Waals surface area contributed by atoms with Crippen molar-refractivity contribution in [1.82, 2.24) is 0 Å². The number of nitriles is 1. The van der Waals surface area contributed by atoms with Gasteiger partial charge in [-0.1, -0.05) is 0 Å². The van der Waals surface area contributed by atoms with Gasteiger partial charge in [-0.25, -0.2) is 0 Å². The lowest BCUT2D eigenvalue weighted by atomic mass is 10.0. The molecule has 3 rings (SSSR count). The number of nitrogens with two attached hydrogens (primary N) is 1. The summed E-state index contributed by atoms with van der Waals surface area (Å²) in [5.41, 5.74) is 8.18. The van der Waals surface area contributed by atoms with Crippen molar-refractivity contribution in [1.29, 1.82) is 10.7 Å². The zero-order chi connectivity index (χ0) is 18.7. The highest BCUT2D eigenvalue weighted by molar-refractivity contribution is 6.14. The Balaban J connectivity index is 1.87. The summed E-state index contributed by atoms with van der Waals surface area (Å²) in [6.45, 7) is 0.